The van der Waals surface area contributed by atoms with E-state index in [0.717, 1.165) is 31.9 Å². The molecule has 5 nitrogen and oxygen atoms in total. The summed E-state index contributed by atoms with van der Waals surface area (Å²) in [6.45, 7) is 6.95. The predicted octanol–water partition coefficient (Wildman–Crippen LogP) is 3.40. The minimum atomic E-state index is 0.327. The van der Waals surface area contributed by atoms with Gasteiger partial charge in [-0.15, -0.1) is 21.5 Å². The van der Waals surface area contributed by atoms with E-state index in [4.69, 9.17) is 4.74 Å². The van der Waals surface area contributed by atoms with Crippen LogP contribution in [0.15, 0.2) is 18.5 Å². The van der Waals surface area contributed by atoms with Crippen molar-refractivity contribution in [2.45, 2.75) is 51.9 Å². The first kappa shape index (κ1) is 15.6. The first-order valence-electron chi connectivity index (χ1n) is 7.90. The van der Waals surface area contributed by atoms with Gasteiger partial charge in [-0.1, -0.05) is 0 Å². The molecule has 0 amide bonds. The molecule has 2 aromatic heterocycles. The summed E-state index contributed by atoms with van der Waals surface area (Å²) in [6, 6.07) is 4.84. The normalized spacial score (nSPS) is 18.7. The Kier molecular flexibility index (Phi) is 4.90. The Bertz CT molecular complexity index is 601. The van der Waals surface area contributed by atoms with Gasteiger partial charge in [0.15, 0.2) is 0 Å². The standard InChI is InChI=1S/C16H24N4OS/c1-12(2)20-11-17-18-16(20)10-19(3)9-13-6-7-15(22-13)14-5-4-8-21-14/h6-7,11-12,14H,4-5,8-10H2,1-3H3/t14-/m1/s1. The molecule has 1 fully saturated rings. The van der Waals surface area contributed by atoms with Gasteiger partial charge >= 0.3 is 0 Å². The second-order valence-corrected chi connectivity index (χ2v) is 7.43. The molecule has 1 saturated heterocycles. The molecule has 6 heteroatoms. The summed E-state index contributed by atoms with van der Waals surface area (Å²) >= 11 is 1.87. The molecule has 0 bridgehead atoms. The van der Waals surface area contributed by atoms with Gasteiger partial charge < -0.3 is 9.30 Å². The van der Waals surface area contributed by atoms with Crippen LogP contribution in [0.5, 0.6) is 0 Å². The molecule has 3 heterocycles. The lowest BCUT2D eigenvalue weighted by molar-refractivity contribution is 0.114. The van der Waals surface area contributed by atoms with Gasteiger partial charge in [0.25, 0.3) is 0 Å². The number of nitrogens with zero attached hydrogens (tertiary/aromatic N) is 4. The smallest absolute Gasteiger partial charge is 0.147 e. The number of hydrogen-bond donors (Lipinski definition) is 0. The Morgan fingerprint density at radius 3 is 3.00 bits per heavy atom. The number of thiophene rings is 1. The van der Waals surface area contributed by atoms with Crippen molar-refractivity contribution < 1.29 is 4.74 Å². The van der Waals surface area contributed by atoms with Crippen LogP contribution in [-0.4, -0.2) is 33.3 Å². The molecule has 120 valence electrons. The average molecular weight is 320 g/mol. The molecule has 0 N–H and O–H groups in total. The van der Waals surface area contributed by atoms with Crippen molar-refractivity contribution in [2.75, 3.05) is 13.7 Å². The van der Waals surface area contributed by atoms with Crippen LogP contribution in [0.3, 0.4) is 0 Å². The fourth-order valence-corrected chi connectivity index (χ4v) is 4.01. The maximum atomic E-state index is 5.76. The molecule has 1 atom stereocenters. The van der Waals surface area contributed by atoms with E-state index >= 15 is 0 Å². The topological polar surface area (TPSA) is 43.2 Å². The lowest BCUT2D eigenvalue weighted by Crippen LogP contribution is -2.20. The highest BCUT2D eigenvalue weighted by molar-refractivity contribution is 7.12. The van der Waals surface area contributed by atoms with Crippen LogP contribution >= 0.6 is 11.3 Å². The maximum Gasteiger partial charge on any atom is 0.147 e. The predicted molar refractivity (Wildman–Crippen MR) is 87.8 cm³/mol. The van der Waals surface area contributed by atoms with Gasteiger partial charge in [-0.05, 0) is 45.9 Å². The summed E-state index contributed by atoms with van der Waals surface area (Å²) in [5.74, 6) is 1.02. The maximum absolute atomic E-state index is 5.76. The lowest BCUT2D eigenvalue weighted by atomic mass is 10.2. The van der Waals surface area contributed by atoms with Gasteiger partial charge in [0.1, 0.15) is 12.2 Å². The first-order chi connectivity index (χ1) is 10.6. The van der Waals surface area contributed by atoms with E-state index in [9.17, 15) is 0 Å². The molecule has 0 unspecified atom stereocenters. The third-order valence-corrected chi connectivity index (χ3v) is 5.13. The highest BCUT2D eigenvalue weighted by Gasteiger charge is 2.19. The Hall–Kier alpha value is -1.24. The number of hydrogen-bond acceptors (Lipinski definition) is 5. The van der Waals surface area contributed by atoms with Gasteiger partial charge in [-0.3, -0.25) is 4.90 Å². The van der Waals surface area contributed by atoms with Crippen molar-refractivity contribution in [3.05, 3.63) is 34.0 Å². The molecule has 1 aliphatic heterocycles. The zero-order valence-corrected chi connectivity index (χ0v) is 14.3. The van der Waals surface area contributed by atoms with E-state index in [1.54, 1.807) is 0 Å². The fraction of sp³-hybridized carbons (Fsp3) is 0.625. The van der Waals surface area contributed by atoms with E-state index < -0.39 is 0 Å². The van der Waals surface area contributed by atoms with E-state index in [-0.39, 0.29) is 0 Å². The Labute approximate surface area is 135 Å². The molecule has 22 heavy (non-hydrogen) atoms. The van der Waals surface area contributed by atoms with Crippen molar-refractivity contribution in [3.63, 3.8) is 0 Å². The van der Waals surface area contributed by atoms with Crippen molar-refractivity contribution in [3.8, 4) is 0 Å². The van der Waals surface area contributed by atoms with Crippen LogP contribution in [0.1, 0.15) is 54.4 Å². The van der Waals surface area contributed by atoms with Crippen LogP contribution in [0, 0.1) is 0 Å². The van der Waals surface area contributed by atoms with Crippen molar-refractivity contribution in [1.29, 1.82) is 0 Å². The monoisotopic (exact) mass is 320 g/mol. The Morgan fingerprint density at radius 1 is 1.41 bits per heavy atom. The first-order valence-corrected chi connectivity index (χ1v) is 8.72. The number of rotatable bonds is 6. The van der Waals surface area contributed by atoms with E-state index in [0.29, 0.717) is 12.1 Å². The lowest BCUT2D eigenvalue weighted by Gasteiger charge is -2.17. The van der Waals surface area contributed by atoms with Crippen molar-refractivity contribution >= 4 is 11.3 Å². The average Bonchev–Trinajstić information content (AvgIpc) is 3.18. The molecule has 0 aromatic carbocycles. The van der Waals surface area contributed by atoms with Gasteiger partial charge in [0.05, 0.1) is 12.6 Å². The minimum Gasteiger partial charge on any atom is -0.373 e. The number of ether oxygens (including phenoxy) is 1. The van der Waals surface area contributed by atoms with Gasteiger partial charge in [0, 0.05) is 28.9 Å². The Balaban J connectivity index is 1.59. The van der Waals surface area contributed by atoms with Crippen LogP contribution in [0.25, 0.3) is 0 Å². The summed E-state index contributed by atoms with van der Waals surface area (Å²) in [6.07, 6.45) is 4.48. The largest absolute Gasteiger partial charge is 0.373 e. The SMILES string of the molecule is CC(C)n1cnnc1CN(C)Cc1ccc([C@H]2CCCO2)s1. The summed E-state index contributed by atoms with van der Waals surface area (Å²) < 4.78 is 7.89. The molecule has 0 saturated carbocycles. The van der Waals surface area contributed by atoms with E-state index in [2.05, 4.69) is 52.7 Å². The minimum absolute atomic E-state index is 0.327. The third kappa shape index (κ3) is 3.56. The van der Waals surface area contributed by atoms with Crippen molar-refractivity contribution in [1.82, 2.24) is 19.7 Å². The summed E-state index contributed by atoms with van der Waals surface area (Å²) in [5.41, 5.74) is 0. The highest BCUT2D eigenvalue weighted by atomic mass is 32.1. The molecule has 3 rings (SSSR count). The Morgan fingerprint density at radius 2 is 2.27 bits per heavy atom. The van der Waals surface area contributed by atoms with E-state index in [1.807, 2.05) is 17.7 Å². The van der Waals surface area contributed by atoms with Gasteiger partial charge in [0.2, 0.25) is 0 Å². The van der Waals surface area contributed by atoms with Gasteiger partial charge in [-0.25, -0.2) is 0 Å². The van der Waals surface area contributed by atoms with Gasteiger partial charge in [-0.2, -0.15) is 0 Å². The van der Waals surface area contributed by atoms with Crippen molar-refractivity contribution in [2.24, 2.45) is 0 Å². The van der Waals surface area contributed by atoms with Crippen LogP contribution in [0.2, 0.25) is 0 Å². The zero-order chi connectivity index (χ0) is 15.5. The van der Waals surface area contributed by atoms with Crippen LogP contribution in [0.4, 0.5) is 0 Å². The fourth-order valence-electron chi connectivity index (χ4n) is 2.83. The number of aromatic nitrogens is 3. The van der Waals surface area contributed by atoms with Crippen LogP contribution < -0.4 is 0 Å². The molecule has 2 aromatic rings. The zero-order valence-electron chi connectivity index (χ0n) is 13.5. The molecule has 0 spiro atoms. The molecule has 1 aliphatic rings. The summed E-state index contributed by atoms with van der Waals surface area (Å²) in [7, 11) is 2.13. The second kappa shape index (κ2) is 6.89. The highest BCUT2D eigenvalue weighted by Crippen LogP contribution is 2.33. The summed E-state index contributed by atoms with van der Waals surface area (Å²) in [4.78, 5) is 5.03. The quantitative estimate of drug-likeness (QED) is 0.818. The third-order valence-electron chi connectivity index (χ3n) is 3.97. The molecule has 0 aliphatic carbocycles. The summed E-state index contributed by atoms with van der Waals surface area (Å²) in [5, 5.41) is 8.27. The molecule has 0 radical (unpaired) electrons. The molecular formula is C16H24N4OS. The van der Waals surface area contributed by atoms with E-state index in [1.165, 1.54) is 16.2 Å². The molecular weight excluding hydrogens is 296 g/mol. The van der Waals surface area contributed by atoms with Crippen LogP contribution in [-0.2, 0) is 17.8 Å². The second-order valence-electron chi connectivity index (χ2n) is 6.23.